The van der Waals surface area contributed by atoms with Crippen LogP contribution in [-0.2, 0) is 13.9 Å². The molecule has 0 aliphatic heterocycles. The topological polar surface area (TPSA) is 179 Å². The molecule has 0 heterocycles. The van der Waals surface area contributed by atoms with Crippen molar-refractivity contribution >= 4 is 21.2 Å². The Bertz CT molecular complexity index is 350. The van der Waals surface area contributed by atoms with Crippen molar-refractivity contribution in [2.45, 2.75) is 18.4 Å². The molecule has 0 aromatic carbocycles. The van der Waals surface area contributed by atoms with E-state index in [0.717, 1.165) is 0 Å². The summed E-state index contributed by atoms with van der Waals surface area (Å²) in [6.45, 7) is -0.314. The zero-order valence-electron chi connectivity index (χ0n) is 13.1. The van der Waals surface area contributed by atoms with Gasteiger partial charge < -0.3 is 43.9 Å². The molecule has 0 aliphatic rings. The van der Waals surface area contributed by atoms with Gasteiger partial charge >= 0.3 is 257 Å². The first-order chi connectivity index (χ1) is 6.92. The van der Waals surface area contributed by atoms with Crippen LogP contribution in [0, 0.1) is 0 Å². The van der Waals surface area contributed by atoms with Crippen LogP contribution in [0.3, 0.4) is 0 Å². The van der Waals surface area contributed by atoms with Crippen molar-refractivity contribution < 1.29 is 296 Å². The van der Waals surface area contributed by atoms with Gasteiger partial charge in [-0.3, -0.25) is 0 Å². The number of carbonyl (C=O) groups is 1. The SMILES string of the molecule is CC(NCCC(=O)[O-])(P(=O)([O-])[O-])P(=O)([O-])[O-].[K+].[K+].[K+].[K+].[K+]. The largest absolute Gasteiger partial charge is 1.00 e. The fourth-order valence-corrected chi connectivity index (χ4v) is 2.56. The van der Waals surface area contributed by atoms with E-state index in [0.29, 0.717) is 6.92 Å². The number of hydrogen-bond acceptors (Lipinski definition) is 9. The van der Waals surface area contributed by atoms with E-state index in [4.69, 9.17) is 0 Å². The van der Waals surface area contributed by atoms with Gasteiger partial charge in [-0.25, -0.2) is 0 Å². The summed E-state index contributed by atoms with van der Waals surface area (Å²) in [5.41, 5.74) is 0. The summed E-state index contributed by atoms with van der Waals surface area (Å²) in [6.07, 6.45) is -0.740. The Labute approximate surface area is 335 Å². The van der Waals surface area contributed by atoms with Crippen molar-refractivity contribution in [3.05, 3.63) is 0 Å². The molecule has 21 heavy (non-hydrogen) atoms. The normalized spacial score (nSPS) is 10.5. The van der Waals surface area contributed by atoms with E-state index in [-0.39, 0.29) is 257 Å². The van der Waals surface area contributed by atoms with E-state index in [9.17, 15) is 38.6 Å². The third-order valence-corrected chi connectivity index (χ3v) is 5.77. The minimum Gasteiger partial charge on any atom is -0.809 e. The molecule has 1 N–H and O–H groups in total. The second-order valence-corrected chi connectivity index (χ2v) is 7.20. The first-order valence-corrected chi connectivity index (χ1v) is 6.99. The van der Waals surface area contributed by atoms with E-state index in [1.54, 1.807) is 5.32 Å². The maximum absolute atomic E-state index is 10.7. The second kappa shape index (κ2) is 19.9. The summed E-state index contributed by atoms with van der Waals surface area (Å²) in [4.78, 5) is 52.6. The van der Waals surface area contributed by atoms with Gasteiger partial charge in [-0.15, -0.1) is 0 Å². The van der Waals surface area contributed by atoms with Crippen LogP contribution in [0.4, 0.5) is 0 Å². The third-order valence-electron chi connectivity index (χ3n) is 1.86. The number of aliphatic carboxylic acids is 1. The summed E-state index contributed by atoms with van der Waals surface area (Å²) >= 11 is 0. The van der Waals surface area contributed by atoms with E-state index >= 15 is 0 Å². The molecule has 0 aliphatic carbocycles. The predicted molar refractivity (Wildman–Crippen MR) is 41.2 cm³/mol. The Hall–Kier alpha value is 7.91. The van der Waals surface area contributed by atoms with E-state index in [2.05, 4.69) is 0 Å². The van der Waals surface area contributed by atoms with Gasteiger partial charge in [-0.2, -0.15) is 0 Å². The number of carbonyl (C=O) groups excluding carboxylic acids is 1. The predicted octanol–water partition coefficient (Wildman–Crippen LogP) is -19.8. The molecule has 0 spiro atoms. The molecular formula is C5H8K5NO8P2. The maximum atomic E-state index is 10.7. The molecule has 0 aromatic heterocycles. The van der Waals surface area contributed by atoms with Crippen LogP contribution in [0.5, 0.6) is 0 Å². The number of hydrogen-bond donors (Lipinski definition) is 1. The molecule has 0 bridgehead atoms. The van der Waals surface area contributed by atoms with Crippen molar-refractivity contribution in [2.75, 3.05) is 6.54 Å². The van der Waals surface area contributed by atoms with Crippen LogP contribution >= 0.6 is 15.2 Å². The van der Waals surface area contributed by atoms with Crippen LogP contribution in [0.2, 0.25) is 0 Å². The minimum atomic E-state index is -5.78. The van der Waals surface area contributed by atoms with Crippen LogP contribution in [0.1, 0.15) is 13.3 Å². The second-order valence-electron chi connectivity index (χ2n) is 3.06. The molecule has 16 heteroatoms. The Morgan fingerprint density at radius 3 is 1.43 bits per heavy atom. The molecule has 0 fully saturated rings. The Morgan fingerprint density at radius 1 is 0.952 bits per heavy atom. The number of rotatable bonds is 6. The zero-order chi connectivity index (χ0) is 13.2. The summed E-state index contributed by atoms with van der Waals surface area (Å²) in [7, 11) is -11.6. The quantitative estimate of drug-likeness (QED) is 0.293. The van der Waals surface area contributed by atoms with Gasteiger partial charge in [0.2, 0.25) is 0 Å². The first kappa shape index (κ1) is 42.9. The Balaban J connectivity index is -0.000000112. The standard InChI is InChI=1S/C5H13NO8P2.5K/c1-5(15(9,10)11,16(12,13)14)6-3-2-4(7)8;;;;;/h6H,2-3H2,1H3,(H,7,8)(H2,9,10,11)(H2,12,13,14);;;;;/q;5*+1/p-5. The Morgan fingerprint density at radius 2 is 1.24 bits per heavy atom. The monoisotopic (exact) mass is 467 g/mol. The van der Waals surface area contributed by atoms with Gasteiger partial charge in [0.15, 0.2) is 0 Å². The van der Waals surface area contributed by atoms with Crippen LogP contribution in [0.15, 0.2) is 0 Å². The molecule has 0 aromatic rings. The number of nitrogens with one attached hydrogen (secondary N) is 1. The Kier molecular flexibility index (Phi) is 40.6. The van der Waals surface area contributed by atoms with E-state index in [1.807, 2.05) is 0 Å². The molecule has 9 nitrogen and oxygen atoms in total. The molecule has 0 atom stereocenters. The molecule has 0 amide bonds. The van der Waals surface area contributed by atoms with E-state index in [1.165, 1.54) is 0 Å². The van der Waals surface area contributed by atoms with Gasteiger partial charge in [0.05, 0.1) is 5.02 Å². The smallest absolute Gasteiger partial charge is 0.809 e. The average Bonchev–Trinajstić information content (AvgIpc) is 1.98. The fourth-order valence-electron chi connectivity index (χ4n) is 0.745. The van der Waals surface area contributed by atoms with Crippen molar-refractivity contribution in [2.24, 2.45) is 0 Å². The summed E-state index contributed by atoms with van der Waals surface area (Å²) < 4.78 is 21.3. The van der Waals surface area contributed by atoms with Gasteiger partial charge in [0.1, 0.15) is 0 Å². The fraction of sp³-hybridized carbons (Fsp3) is 0.800. The van der Waals surface area contributed by atoms with Crippen molar-refractivity contribution in [1.82, 2.24) is 5.32 Å². The molecule has 0 radical (unpaired) electrons. The molecule has 0 saturated heterocycles. The average molecular weight is 468 g/mol. The van der Waals surface area contributed by atoms with Gasteiger partial charge in [-0.1, -0.05) is 0 Å². The molecule has 0 unspecified atom stereocenters. The number of carboxylic acids is 1. The first-order valence-electron chi connectivity index (χ1n) is 3.91. The van der Waals surface area contributed by atoms with Gasteiger partial charge in [0.25, 0.3) is 0 Å². The van der Waals surface area contributed by atoms with Crippen LogP contribution in [-0.4, -0.2) is 17.5 Å². The number of carboxylic acid groups (broad SMARTS) is 1. The molecular weight excluding hydrogens is 459 g/mol. The summed E-state index contributed by atoms with van der Waals surface area (Å²) in [5, 5.41) is 8.35. The zero-order valence-corrected chi connectivity index (χ0v) is 30.5. The summed E-state index contributed by atoms with van der Waals surface area (Å²) in [5.74, 6) is -1.59. The van der Waals surface area contributed by atoms with Crippen molar-refractivity contribution in [3.63, 3.8) is 0 Å². The van der Waals surface area contributed by atoms with Crippen molar-refractivity contribution in [1.29, 1.82) is 0 Å². The van der Waals surface area contributed by atoms with Crippen LogP contribution in [0.25, 0.3) is 0 Å². The minimum absolute atomic E-state index is 0. The molecule has 96 valence electrons. The van der Waals surface area contributed by atoms with Gasteiger partial charge in [-0.05, 0) is 28.5 Å². The van der Waals surface area contributed by atoms with Crippen molar-refractivity contribution in [3.8, 4) is 0 Å². The summed E-state index contributed by atoms with van der Waals surface area (Å²) in [6, 6.07) is 0. The maximum Gasteiger partial charge on any atom is 1.00 e. The van der Waals surface area contributed by atoms with Crippen LogP contribution < -0.4 is 287 Å². The molecule has 0 rings (SSSR count). The van der Waals surface area contributed by atoms with E-state index < -0.39 is 39.1 Å². The van der Waals surface area contributed by atoms with Gasteiger partial charge in [0, 0.05) is 12.5 Å². The molecule has 0 saturated carbocycles. The third kappa shape index (κ3) is 17.3.